The van der Waals surface area contributed by atoms with Crippen molar-refractivity contribution in [2.24, 2.45) is 0 Å². The van der Waals surface area contributed by atoms with Crippen molar-refractivity contribution in [3.05, 3.63) is 68.8 Å². The van der Waals surface area contributed by atoms with E-state index in [1.54, 1.807) is 24.3 Å². The zero-order chi connectivity index (χ0) is 13.4. The zero-order valence-electron chi connectivity index (χ0n) is 9.69. The molecule has 0 saturated carbocycles. The normalized spacial score (nSPS) is 15.5. The lowest BCUT2D eigenvalue weighted by Gasteiger charge is -2.00. The molecule has 0 bridgehead atoms. The third-order valence-corrected chi connectivity index (χ3v) is 3.78. The molecule has 19 heavy (non-hydrogen) atoms. The largest absolute Gasteiger partial charge is 0.452 e. The first-order valence-electron chi connectivity index (χ1n) is 5.63. The van der Waals surface area contributed by atoms with Crippen LogP contribution in [0.4, 0.5) is 0 Å². The third-order valence-electron chi connectivity index (χ3n) is 2.82. The van der Waals surface area contributed by atoms with Crippen LogP contribution in [-0.4, -0.2) is 5.78 Å². The molecule has 0 saturated heterocycles. The fourth-order valence-corrected chi connectivity index (χ4v) is 2.47. The van der Waals surface area contributed by atoms with E-state index in [1.165, 1.54) is 0 Å². The lowest BCUT2D eigenvalue weighted by Crippen LogP contribution is -1.98. The van der Waals surface area contributed by atoms with E-state index >= 15 is 0 Å². The van der Waals surface area contributed by atoms with E-state index < -0.39 is 0 Å². The molecule has 0 amide bonds. The molecule has 0 atom stereocenters. The van der Waals surface area contributed by atoms with Crippen LogP contribution in [0.2, 0.25) is 5.02 Å². The van der Waals surface area contributed by atoms with Crippen LogP contribution >= 0.6 is 27.5 Å². The van der Waals surface area contributed by atoms with Crippen LogP contribution in [0.15, 0.2) is 52.7 Å². The number of hydrogen-bond donors (Lipinski definition) is 0. The summed E-state index contributed by atoms with van der Waals surface area (Å²) in [5, 5.41) is 0.526. The summed E-state index contributed by atoms with van der Waals surface area (Å²) in [5.74, 6) is 0.713. The summed E-state index contributed by atoms with van der Waals surface area (Å²) in [5.41, 5.74) is 1.40. The molecule has 3 rings (SSSR count). The first-order chi connectivity index (χ1) is 9.15. The number of ether oxygens (including phenoxy) is 1. The Morgan fingerprint density at radius 1 is 1.16 bits per heavy atom. The molecule has 0 N–H and O–H groups in total. The monoisotopic (exact) mass is 334 g/mol. The molecule has 0 unspecified atom stereocenters. The summed E-state index contributed by atoms with van der Waals surface area (Å²) >= 11 is 9.32. The molecule has 1 aliphatic heterocycles. The van der Waals surface area contributed by atoms with Crippen molar-refractivity contribution in [2.45, 2.75) is 0 Å². The van der Waals surface area contributed by atoms with E-state index in [0.717, 1.165) is 10.0 Å². The molecule has 0 aliphatic carbocycles. The molecular weight excluding hydrogens is 328 g/mol. The minimum Gasteiger partial charge on any atom is -0.452 e. The lowest BCUT2D eigenvalue weighted by molar-refractivity contribution is 0.101. The quantitative estimate of drug-likeness (QED) is 0.705. The minimum atomic E-state index is -0.145. The fourth-order valence-electron chi connectivity index (χ4n) is 1.89. The number of benzene rings is 2. The first kappa shape index (κ1) is 12.5. The van der Waals surface area contributed by atoms with Crippen molar-refractivity contribution in [1.82, 2.24) is 0 Å². The van der Waals surface area contributed by atoms with E-state index in [-0.39, 0.29) is 5.78 Å². The van der Waals surface area contributed by atoms with Gasteiger partial charge in [-0.25, -0.2) is 0 Å². The maximum Gasteiger partial charge on any atom is 0.232 e. The van der Waals surface area contributed by atoms with Gasteiger partial charge in [0.2, 0.25) is 5.78 Å². The first-order valence-corrected chi connectivity index (χ1v) is 6.80. The topological polar surface area (TPSA) is 26.3 Å². The van der Waals surface area contributed by atoms with Gasteiger partial charge in [-0.15, -0.1) is 0 Å². The lowest BCUT2D eigenvalue weighted by atomic mass is 10.1. The van der Waals surface area contributed by atoms with E-state index in [1.807, 2.05) is 24.3 Å². The van der Waals surface area contributed by atoms with E-state index in [4.69, 9.17) is 16.3 Å². The molecule has 0 aromatic heterocycles. The van der Waals surface area contributed by atoms with Crippen LogP contribution in [0, 0.1) is 0 Å². The van der Waals surface area contributed by atoms with Gasteiger partial charge in [-0.3, -0.25) is 4.79 Å². The highest BCUT2D eigenvalue weighted by atomic mass is 79.9. The predicted molar refractivity (Wildman–Crippen MR) is 78.5 cm³/mol. The molecular formula is C15H8BrClO2. The number of carbonyl (C=O) groups is 1. The Morgan fingerprint density at radius 3 is 2.74 bits per heavy atom. The third kappa shape index (κ3) is 2.31. The van der Waals surface area contributed by atoms with Crippen molar-refractivity contribution in [3.8, 4) is 5.75 Å². The summed E-state index contributed by atoms with van der Waals surface area (Å²) < 4.78 is 6.48. The standard InChI is InChI=1S/C15H8BrClO2/c16-12-4-2-1-3-9(12)7-14-15(18)11-8-10(17)5-6-13(11)19-14/h1-8H/b14-7-. The number of carbonyl (C=O) groups excluding carboxylic acids is 1. The van der Waals surface area contributed by atoms with Crippen LogP contribution in [0.5, 0.6) is 5.75 Å². The molecule has 2 aromatic rings. The molecule has 0 fully saturated rings. The number of Topliss-reactive ketones (excluding diaryl/α,β-unsaturated/α-hetero) is 1. The number of hydrogen-bond acceptors (Lipinski definition) is 2. The summed E-state index contributed by atoms with van der Waals surface area (Å²) in [6, 6.07) is 12.7. The van der Waals surface area contributed by atoms with Crippen LogP contribution in [0.25, 0.3) is 6.08 Å². The molecule has 0 spiro atoms. The van der Waals surface area contributed by atoms with Gasteiger partial charge in [0.15, 0.2) is 5.76 Å². The van der Waals surface area contributed by atoms with Crippen molar-refractivity contribution in [1.29, 1.82) is 0 Å². The molecule has 2 nitrogen and oxygen atoms in total. The molecule has 1 aliphatic rings. The van der Waals surface area contributed by atoms with Gasteiger partial charge < -0.3 is 4.74 Å². The van der Waals surface area contributed by atoms with Crippen molar-refractivity contribution in [2.75, 3.05) is 0 Å². The Bertz CT molecular complexity index is 707. The molecule has 1 heterocycles. The number of allylic oxidation sites excluding steroid dienone is 1. The Balaban J connectivity index is 2.03. The van der Waals surface area contributed by atoms with Crippen molar-refractivity contribution in [3.63, 3.8) is 0 Å². The zero-order valence-corrected chi connectivity index (χ0v) is 12.0. The van der Waals surface area contributed by atoms with Crippen LogP contribution in [-0.2, 0) is 0 Å². The van der Waals surface area contributed by atoms with Gasteiger partial charge in [0.1, 0.15) is 5.75 Å². The highest BCUT2D eigenvalue weighted by molar-refractivity contribution is 9.10. The van der Waals surface area contributed by atoms with Crippen LogP contribution < -0.4 is 4.74 Å². The van der Waals surface area contributed by atoms with Gasteiger partial charge in [0.05, 0.1) is 5.56 Å². The number of rotatable bonds is 1. The molecule has 2 aromatic carbocycles. The number of fused-ring (bicyclic) bond motifs is 1. The van der Waals surface area contributed by atoms with E-state index in [2.05, 4.69) is 15.9 Å². The number of ketones is 1. The van der Waals surface area contributed by atoms with Gasteiger partial charge in [-0.05, 0) is 35.9 Å². The van der Waals surface area contributed by atoms with Gasteiger partial charge in [-0.2, -0.15) is 0 Å². The van der Waals surface area contributed by atoms with Crippen LogP contribution in [0.3, 0.4) is 0 Å². The average molecular weight is 336 g/mol. The molecule has 0 radical (unpaired) electrons. The second-order valence-corrected chi connectivity index (χ2v) is 5.39. The Labute approximate surface area is 123 Å². The second kappa shape index (κ2) is 4.83. The average Bonchev–Trinajstić information content (AvgIpc) is 2.70. The molecule has 4 heteroatoms. The van der Waals surface area contributed by atoms with Gasteiger partial charge in [0.25, 0.3) is 0 Å². The maximum atomic E-state index is 12.2. The minimum absolute atomic E-state index is 0.145. The maximum absolute atomic E-state index is 12.2. The Morgan fingerprint density at radius 2 is 1.95 bits per heavy atom. The summed E-state index contributed by atoms with van der Waals surface area (Å²) in [7, 11) is 0. The smallest absolute Gasteiger partial charge is 0.232 e. The van der Waals surface area contributed by atoms with Gasteiger partial charge >= 0.3 is 0 Å². The predicted octanol–water partition coefficient (Wildman–Crippen LogP) is 4.72. The number of halogens is 2. The van der Waals surface area contributed by atoms with Gasteiger partial charge in [-0.1, -0.05) is 45.7 Å². The highest BCUT2D eigenvalue weighted by Crippen LogP contribution is 2.34. The second-order valence-electron chi connectivity index (χ2n) is 4.10. The van der Waals surface area contributed by atoms with Gasteiger partial charge in [0, 0.05) is 9.50 Å². The summed E-state index contributed by atoms with van der Waals surface area (Å²) in [6.45, 7) is 0. The van der Waals surface area contributed by atoms with E-state index in [9.17, 15) is 4.79 Å². The highest BCUT2D eigenvalue weighted by Gasteiger charge is 2.27. The Kier molecular flexibility index (Phi) is 3.17. The fraction of sp³-hybridized carbons (Fsp3) is 0. The van der Waals surface area contributed by atoms with E-state index in [0.29, 0.717) is 22.1 Å². The molecule has 94 valence electrons. The van der Waals surface area contributed by atoms with Crippen molar-refractivity contribution < 1.29 is 9.53 Å². The van der Waals surface area contributed by atoms with Crippen LogP contribution in [0.1, 0.15) is 15.9 Å². The summed E-state index contributed by atoms with van der Waals surface area (Å²) in [4.78, 5) is 12.2. The Hall–Kier alpha value is -1.58. The summed E-state index contributed by atoms with van der Waals surface area (Å²) in [6.07, 6.45) is 1.72. The SMILES string of the molecule is O=C1/C(=C/c2ccccc2Br)Oc2ccc(Cl)cc21. The van der Waals surface area contributed by atoms with Crippen molar-refractivity contribution >= 4 is 39.4 Å².